The van der Waals surface area contributed by atoms with Gasteiger partial charge in [-0.05, 0) is 30.7 Å². The lowest BCUT2D eigenvalue weighted by Crippen LogP contribution is -2.38. The fourth-order valence-corrected chi connectivity index (χ4v) is 3.05. The van der Waals surface area contributed by atoms with Gasteiger partial charge in [0, 0.05) is 44.5 Å². The van der Waals surface area contributed by atoms with Crippen LogP contribution in [0.1, 0.15) is 17.5 Å². The fourth-order valence-electron chi connectivity index (χ4n) is 3.05. The van der Waals surface area contributed by atoms with Gasteiger partial charge in [0.05, 0.1) is 18.2 Å². The number of benzene rings is 1. The van der Waals surface area contributed by atoms with Crippen LogP contribution in [0.2, 0.25) is 0 Å². The first-order valence-corrected chi connectivity index (χ1v) is 8.77. The second-order valence-corrected chi connectivity index (χ2v) is 6.60. The van der Waals surface area contributed by atoms with Gasteiger partial charge in [0.1, 0.15) is 11.9 Å². The Morgan fingerprint density at radius 1 is 1.44 bits per heavy atom. The smallest absolute Gasteiger partial charge is 0.236 e. The lowest BCUT2D eigenvalue weighted by molar-refractivity contribution is -0.131. The number of aromatic nitrogens is 1. The Morgan fingerprint density at radius 2 is 2.30 bits per heavy atom. The van der Waals surface area contributed by atoms with Gasteiger partial charge in [-0.3, -0.25) is 9.69 Å². The van der Waals surface area contributed by atoms with E-state index in [0.29, 0.717) is 23.6 Å². The van der Waals surface area contributed by atoms with E-state index >= 15 is 0 Å². The molecule has 1 fully saturated rings. The first-order chi connectivity index (χ1) is 13.0. The Labute approximate surface area is 157 Å². The van der Waals surface area contributed by atoms with Crippen molar-refractivity contribution in [3.8, 4) is 11.9 Å². The molecule has 2 aromatic rings. The molecule has 0 aliphatic carbocycles. The SMILES string of the molecule is CN(Cc1cc(C#N)ccc1F)C(=O)CN1CC[C@H](Oc2ccccn2)C1. The average Bonchev–Trinajstić information content (AvgIpc) is 3.11. The predicted octanol–water partition coefficient (Wildman–Crippen LogP) is 2.20. The van der Waals surface area contributed by atoms with E-state index in [9.17, 15) is 9.18 Å². The van der Waals surface area contributed by atoms with Gasteiger partial charge in [0.15, 0.2) is 0 Å². The highest BCUT2D eigenvalue weighted by Gasteiger charge is 2.26. The molecule has 27 heavy (non-hydrogen) atoms. The zero-order chi connectivity index (χ0) is 19.2. The van der Waals surface area contributed by atoms with Crippen molar-refractivity contribution in [2.45, 2.75) is 19.1 Å². The number of hydrogen-bond donors (Lipinski definition) is 0. The topological polar surface area (TPSA) is 69.5 Å². The minimum Gasteiger partial charge on any atom is -0.473 e. The fraction of sp³-hybridized carbons (Fsp3) is 0.350. The van der Waals surface area contributed by atoms with Crippen molar-refractivity contribution >= 4 is 5.91 Å². The predicted molar refractivity (Wildman–Crippen MR) is 97.3 cm³/mol. The molecule has 0 bridgehead atoms. The molecule has 1 saturated heterocycles. The van der Waals surface area contributed by atoms with Crippen molar-refractivity contribution in [3.05, 3.63) is 59.5 Å². The Kier molecular flexibility index (Phi) is 5.99. The highest BCUT2D eigenvalue weighted by atomic mass is 19.1. The van der Waals surface area contributed by atoms with Crippen molar-refractivity contribution in [1.82, 2.24) is 14.8 Å². The van der Waals surface area contributed by atoms with Crippen LogP contribution in [0.25, 0.3) is 0 Å². The highest BCUT2D eigenvalue weighted by molar-refractivity contribution is 5.78. The van der Waals surface area contributed by atoms with E-state index in [4.69, 9.17) is 10.00 Å². The van der Waals surface area contributed by atoms with Crippen LogP contribution in [0.4, 0.5) is 4.39 Å². The van der Waals surface area contributed by atoms with Gasteiger partial charge in [0.2, 0.25) is 11.8 Å². The second kappa shape index (κ2) is 8.60. The van der Waals surface area contributed by atoms with Gasteiger partial charge in [-0.25, -0.2) is 9.37 Å². The van der Waals surface area contributed by atoms with E-state index in [1.54, 1.807) is 13.2 Å². The van der Waals surface area contributed by atoms with Crippen LogP contribution in [-0.4, -0.2) is 53.5 Å². The summed E-state index contributed by atoms with van der Waals surface area (Å²) in [5.41, 5.74) is 0.712. The normalized spacial score (nSPS) is 16.7. The Bertz CT molecular complexity index is 838. The van der Waals surface area contributed by atoms with Gasteiger partial charge in [-0.2, -0.15) is 5.26 Å². The molecule has 1 aromatic heterocycles. The third-order valence-electron chi connectivity index (χ3n) is 4.52. The molecule has 140 valence electrons. The number of carbonyl (C=O) groups is 1. The molecule has 2 heterocycles. The Morgan fingerprint density at radius 3 is 3.04 bits per heavy atom. The summed E-state index contributed by atoms with van der Waals surface area (Å²) in [6.45, 7) is 1.78. The number of hydrogen-bond acceptors (Lipinski definition) is 5. The first-order valence-electron chi connectivity index (χ1n) is 8.77. The van der Waals surface area contributed by atoms with Gasteiger partial charge >= 0.3 is 0 Å². The second-order valence-electron chi connectivity index (χ2n) is 6.60. The summed E-state index contributed by atoms with van der Waals surface area (Å²) in [5, 5.41) is 8.94. The standard InChI is InChI=1S/C20H21FN4O2/c1-24(12-16-10-15(11-22)5-6-18(16)21)20(26)14-25-9-7-17(13-25)27-19-4-2-3-8-23-19/h2-6,8,10,17H,7,9,12-14H2,1H3/t17-/m0/s1. The number of carbonyl (C=O) groups excluding carboxylic acids is 1. The molecule has 6 nitrogen and oxygen atoms in total. The third-order valence-corrected chi connectivity index (χ3v) is 4.52. The van der Waals surface area contributed by atoms with Gasteiger partial charge < -0.3 is 9.64 Å². The van der Waals surface area contributed by atoms with Crippen LogP contribution in [0.15, 0.2) is 42.6 Å². The monoisotopic (exact) mass is 368 g/mol. The Balaban J connectivity index is 1.51. The number of likely N-dealkylation sites (tertiary alicyclic amines) is 1. The van der Waals surface area contributed by atoms with Crippen molar-refractivity contribution in [1.29, 1.82) is 5.26 Å². The van der Waals surface area contributed by atoms with E-state index in [1.807, 2.05) is 29.2 Å². The van der Waals surface area contributed by atoms with Crippen molar-refractivity contribution < 1.29 is 13.9 Å². The zero-order valence-electron chi connectivity index (χ0n) is 15.1. The molecule has 3 rings (SSSR count). The summed E-state index contributed by atoms with van der Waals surface area (Å²) in [6.07, 6.45) is 2.51. The highest BCUT2D eigenvalue weighted by Crippen LogP contribution is 2.17. The number of ether oxygens (including phenoxy) is 1. The number of nitrogens with zero attached hydrogens (tertiary/aromatic N) is 4. The lowest BCUT2D eigenvalue weighted by atomic mass is 10.1. The van der Waals surface area contributed by atoms with Crippen LogP contribution in [-0.2, 0) is 11.3 Å². The maximum atomic E-state index is 13.9. The maximum absolute atomic E-state index is 13.9. The van der Waals surface area contributed by atoms with Crippen molar-refractivity contribution in [2.75, 3.05) is 26.7 Å². The van der Waals surface area contributed by atoms with E-state index < -0.39 is 5.82 Å². The molecular weight excluding hydrogens is 347 g/mol. The molecule has 1 aromatic carbocycles. The molecule has 0 saturated carbocycles. The summed E-state index contributed by atoms with van der Waals surface area (Å²) >= 11 is 0. The van der Waals surface area contributed by atoms with E-state index in [0.717, 1.165) is 13.0 Å². The van der Waals surface area contributed by atoms with Crippen molar-refractivity contribution in [2.24, 2.45) is 0 Å². The zero-order valence-corrected chi connectivity index (χ0v) is 15.1. The minimum atomic E-state index is -0.418. The summed E-state index contributed by atoms with van der Waals surface area (Å²) in [5.74, 6) is 0.0644. The number of halogens is 1. The first kappa shape index (κ1) is 18.8. The van der Waals surface area contributed by atoms with Gasteiger partial charge in [-0.1, -0.05) is 6.07 Å². The third kappa shape index (κ3) is 5.02. The number of rotatable bonds is 6. The molecule has 0 spiro atoms. The molecule has 1 atom stereocenters. The van der Waals surface area contributed by atoms with Crippen LogP contribution in [0, 0.1) is 17.1 Å². The number of nitriles is 1. The molecule has 0 radical (unpaired) electrons. The van der Waals surface area contributed by atoms with Crippen molar-refractivity contribution in [3.63, 3.8) is 0 Å². The Hall–Kier alpha value is -2.98. The van der Waals surface area contributed by atoms with Crippen LogP contribution in [0.3, 0.4) is 0 Å². The maximum Gasteiger partial charge on any atom is 0.236 e. The summed E-state index contributed by atoms with van der Waals surface area (Å²) in [7, 11) is 1.64. The lowest BCUT2D eigenvalue weighted by Gasteiger charge is -2.22. The largest absolute Gasteiger partial charge is 0.473 e. The summed E-state index contributed by atoms with van der Waals surface area (Å²) in [4.78, 5) is 20.1. The van der Waals surface area contributed by atoms with E-state index in [-0.39, 0.29) is 25.1 Å². The average molecular weight is 368 g/mol. The molecule has 0 N–H and O–H groups in total. The summed E-state index contributed by atoms with van der Waals surface area (Å²) in [6, 6.07) is 11.7. The molecule has 1 aliphatic heterocycles. The number of likely N-dealkylation sites (N-methyl/N-ethyl adjacent to an activating group) is 1. The van der Waals surface area contributed by atoms with Crippen LogP contribution in [0.5, 0.6) is 5.88 Å². The molecule has 7 heteroatoms. The molecule has 1 aliphatic rings. The molecule has 0 unspecified atom stereocenters. The van der Waals surface area contributed by atoms with Crippen LogP contribution >= 0.6 is 0 Å². The molecule has 1 amide bonds. The number of pyridine rings is 1. The van der Waals surface area contributed by atoms with Gasteiger partial charge in [-0.15, -0.1) is 0 Å². The van der Waals surface area contributed by atoms with E-state index in [2.05, 4.69) is 4.98 Å². The van der Waals surface area contributed by atoms with Crippen LogP contribution < -0.4 is 4.74 Å². The number of amides is 1. The summed E-state index contributed by atoms with van der Waals surface area (Å²) < 4.78 is 19.7. The molecular formula is C20H21FN4O2. The quantitative estimate of drug-likeness (QED) is 0.782. The van der Waals surface area contributed by atoms with E-state index in [1.165, 1.54) is 23.1 Å². The minimum absolute atomic E-state index is 0.00256. The van der Waals surface area contributed by atoms with Gasteiger partial charge in [0.25, 0.3) is 0 Å².